The number of piperidine rings is 1. The number of unbranched alkanes of at least 4 members (excludes halogenated alkanes) is 2. The molecule has 1 aliphatic heterocycles. The zero-order chi connectivity index (χ0) is 15.1. The monoisotopic (exact) mass is 288 g/mol. The van der Waals surface area contributed by atoms with E-state index in [4.69, 9.17) is 0 Å². The molecule has 0 amide bonds. The average Bonchev–Trinajstić information content (AvgIpc) is 2.49. The maximum Gasteiger partial charge on any atom is 0.0322 e. The van der Waals surface area contributed by atoms with E-state index in [2.05, 4.69) is 61.4 Å². The summed E-state index contributed by atoms with van der Waals surface area (Å²) in [6, 6.07) is 12.2. The van der Waals surface area contributed by atoms with Gasteiger partial charge in [0.2, 0.25) is 0 Å². The Bertz CT molecular complexity index is 390. The molecular formula is C19H32N2. The van der Waals surface area contributed by atoms with Crippen molar-refractivity contribution in [3.8, 4) is 0 Å². The Morgan fingerprint density at radius 1 is 1.24 bits per heavy atom. The van der Waals surface area contributed by atoms with Crippen LogP contribution < -0.4 is 5.32 Å². The van der Waals surface area contributed by atoms with Crippen molar-refractivity contribution in [3.05, 3.63) is 35.9 Å². The van der Waals surface area contributed by atoms with Crippen molar-refractivity contribution in [2.75, 3.05) is 20.1 Å². The van der Waals surface area contributed by atoms with Crippen LogP contribution in [0.25, 0.3) is 0 Å². The molecular weight excluding hydrogens is 256 g/mol. The van der Waals surface area contributed by atoms with Crippen LogP contribution in [0.5, 0.6) is 0 Å². The lowest BCUT2D eigenvalue weighted by Gasteiger charge is -2.37. The first-order chi connectivity index (χ1) is 10.2. The van der Waals surface area contributed by atoms with Crippen LogP contribution in [0.3, 0.4) is 0 Å². The third-order valence-electron chi connectivity index (χ3n) is 4.82. The lowest BCUT2D eigenvalue weighted by atomic mass is 9.91. The van der Waals surface area contributed by atoms with E-state index >= 15 is 0 Å². The molecule has 0 radical (unpaired) electrons. The van der Waals surface area contributed by atoms with E-state index in [-0.39, 0.29) is 0 Å². The van der Waals surface area contributed by atoms with Gasteiger partial charge in [0.15, 0.2) is 0 Å². The molecule has 1 saturated heterocycles. The molecule has 2 heteroatoms. The number of hydrogen-bond acceptors (Lipinski definition) is 2. The van der Waals surface area contributed by atoms with Gasteiger partial charge in [-0.2, -0.15) is 0 Å². The van der Waals surface area contributed by atoms with Crippen LogP contribution in [-0.2, 0) is 0 Å². The maximum atomic E-state index is 3.97. The van der Waals surface area contributed by atoms with Gasteiger partial charge in [0.25, 0.3) is 0 Å². The van der Waals surface area contributed by atoms with Crippen LogP contribution >= 0.6 is 0 Å². The Balaban J connectivity index is 1.98. The highest BCUT2D eigenvalue weighted by molar-refractivity contribution is 5.19. The van der Waals surface area contributed by atoms with Gasteiger partial charge >= 0.3 is 0 Å². The van der Waals surface area contributed by atoms with Crippen molar-refractivity contribution < 1.29 is 0 Å². The molecule has 1 fully saturated rings. The number of hydrogen-bond donors (Lipinski definition) is 1. The molecule has 0 aromatic heterocycles. The topological polar surface area (TPSA) is 15.3 Å². The molecule has 0 bridgehead atoms. The van der Waals surface area contributed by atoms with Gasteiger partial charge in [-0.05, 0) is 37.9 Å². The molecule has 21 heavy (non-hydrogen) atoms. The largest absolute Gasteiger partial charge is 0.307 e. The van der Waals surface area contributed by atoms with Gasteiger partial charge < -0.3 is 10.2 Å². The van der Waals surface area contributed by atoms with Gasteiger partial charge in [-0.1, -0.05) is 63.4 Å². The van der Waals surface area contributed by atoms with Crippen LogP contribution in [0.4, 0.5) is 0 Å². The fraction of sp³-hybridized carbons (Fsp3) is 0.684. The molecule has 1 N–H and O–H groups in total. The Hall–Kier alpha value is -0.860. The lowest BCUT2D eigenvalue weighted by molar-refractivity contribution is 0.164. The van der Waals surface area contributed by atoms with E-state index in [1.54, 1.807) is 0 Å². The lowest BCUT2D eigenvalue weighted by Crippen LogP contribution is -2.48. The zero-order valence-corrected chi connectivity index (χ0v) is 14.0. The van der Waals surface area contributed by atoms with E-state index in [9.17, 15) is 0 Å². The molecule has 0 aliphatic carbocycles. The van der Waals surface area contributed by atoms with Crippen LogP contribution in [0, 0.1) is 5.92 Å². The summed E-state index contributed by atoms with van der Waals surface area (Å²) in [5.41, 5.74) is 1.46. The fourth-order valence-electron chi connectivity index (χ4n) is 3.49. The molecule has 1 heterocycles. The van der Waals surface area contributed by atoms with Gasteiger partial charge in [-0.3, -0.25) is 0 Å². The highest BCUT2D eigenvalue weighted by Crippen LogP contribution is 2.24. The normalized spacial score (nSPS) is 24.9. The number of likely N-dealkylation sites (tertiary alicyclic amines) is 1. The van der Waals surface area contributed by atoms with E-state index in [1.165, 1.54) is 50.8 Å². The minimum Gasteiger partial charge on any atom is -0.307 e. The van der Waals surface area contributed by atoms with Crippen molar-refractivity contribution in [2.24, 2.45) is 5.92 Å². The molecule has 2 rings (SSSR count). The van der Waals surface area contributed by atoms with Crippen molar-refractivity contribution in [1.29, 1.82) is 0 Å². The summed E-state index contributed by atoms with van der Waals surface area (Å²) < 4.78 is 0. The third kappa shape index (κ3) is 5.12. The molecule has 3 unspecified atom stereocenters. The van der Waals surface area contributed by atoms with Crippen molar-refractivity contribution >= 4 is 0 Å². The first-order valence-corrected chi connectivity index (χ1v) is 8.70. The van der Waals surface area contributed by atoms with Crippen molar-refractivity contribution in [2.45, 2.75) is 58.0 Å². The molecule has 3 atom stereocenters. The van der Waals surface area contributed by atoms with Gasteiger partial charge in [0, 0.05) is 18.6 Å². The fourth-order valence-corrected chi connectivity index (χ4v) is 3.49. The van der Waals surface area contributed by atoms with Gasteiger partial charge in [0.1, 0.15) is 0 Å². The summed E-state index contributed by atoms with van der Waals surface area (Å²) in [7, 11) is 2.24. The van der Waals surface area contributed by atoms with Gasteiger partial charge in [0.05, 0.1) is 0 Å². The van der Waals surface area contributed by atoms with E-state index < -0.39 is 0 Å². The number of nitrogens with one attached hydrogen (secondary N) is 1. The highest BCUT2D eigenvalue weighted by Gasteiger charge is 2.26. The first kappa shape index (κ1) is 16.5. The maximum absolute atomic E-state index is 3.97. The Morgan fingerprint density at radius 3 is 2.67 bits per heavy atom. The molecule has 1 aromatic carbocycles. The smallest absolute Gasteiger partial charge is 0.0322 e. The predicted molar refractivity (Wildman–Crippen MR) is 91.5 cm³/mol. The summed E-state index contributed by atoms with van der Waals surface area (Å²) in [4.78, 5) is 2.46. The van der Waals surface area contributed by atoms with Crippen LogP contribution in [0.1, 0.15) is 57.6 Å². The summed E-state index contributed by atoms with van der Waals surface area (Å²) in [5.74, 6) is 0.737. The summed E-state index contributed by atoms with van der Waals surface area (Å²) in [6.45, 7) is 7.11. The third-order valence-corrected chi connectivity index (χ3v) is 4.82. The summed E-state index contributed by atoms with van der Waals surface area (Å²) >= 11 is 0. The quantitative estimate of drug-likeness (QED) is 0.755. The summed E-state index contributed by atoms with van der Waals surface area (Å²) in [5, 5.41) is 3.97. The number of benzene rings is 1. The Morgan fingerprint density at radius 2 is 2.00 bits per heavy atom. The Labute approximate surface area is 130 Å². The van der Waals surface area contributed by atoms with Gasteiger partial charge in [-0.25, -0.2) is 0 Å². The predicted octanol–water partition coefficient (Wildman–Crippen LogP) is 4.24. The number of nitrogens with zero attached hydrogens (tertiary/aromatic N) is 1. The molecule has 1 aromatic rings. The average molecular weight is 288 g/mol. The molecule has 118 valence electrons. The van der Waals surface area contributed by atoms with Crippen molar-refractivity contribution in [1.82, 2.24) is 10.2 Å². The van der Waals surface area contributed by atoms with Gasteiger partial charge in [-0.15, -0.1) is 0 Å². The second kappa shape index (κ2) is 8.55. The first-order valence-electron chi connectivity index (χ1n) is 8.70. The minimum atomic E-state index is 0.522. The molecule has 1 aliphatic rings. The van der Waals surface area contributed by atoms with E-state index in [1.807, 2.05) is 0 Å². The van der Waals surface area contributed by atoms with E-state index in [0.29, 0.717) is 12.1 Å². The molecule has 0 saturated carbocycles. The Kier molecular flexibility index (Phi) is 6.72. The van der Waals surface area contributed by atoms with Crippen LogP contribution in [0.15, 0.2) is 30.3 Å². The standard InChI is InChI=1S/C19H32N2/c1-4-5-7-12-19(17-10-8-6-9-11-17)20-18-13-14-21(3)15-16(18)2/h6,8-11,16,18-20H,4-5,7,12-15H2,1-3H3. The SMILES string of the molecule is CCCCCC(NC1CCN(C)CC1C)c1ccccc1. The highest BCUT2D eigenvalue weighted by atomic mass is 15.1. The minimum absolute atomic E-state index is 0.522. The number of rotatable bonds is 7. The van der Waals surface area contributed by atoms with Crippen LogP contribution in [-0.4, -0.2) is 31.1 Å². The second-order valence-corrected chi connectivity index (χ2v) is 6.76. The second-order valence-electron chi connectivity index (χ2n) is 6.76. The molecule has 0 spiro atoms. The zero-order valence-electron chi connectivity index (χ0n) is 14.0. The molecule has 2 nitrogen and oxygen atoms in total. The van der Waals surface area contributed by atoms with Crippen LogP contribution in [0.2, 0.25) is 0 Å². The van der Waals surface area contributed by atoms with E-state index in [0.717, 1.165) is 5.92 Å². The summed E-state index contributed by atoms with van der Waals surface area (Å²) in [6.07, 6.45) is 6.50. The van der Waals surface area contributed by atoms with Crippen molar-refractivity contribution in [3.63, 3.8) is 0 Å².